The summed E-state index contributed by atoms with van der Waals surface area (Å²) in [5.41, 5.74) is 0. The van der Waals surface area contributed by atoms with Crippen molar-refractivity contribution in [3.8, 4) is 0 Å². The minimum absolute atomic E-state index is 0.0556. The predicted octanol–water partition coefficient (Wildman–Crippen LogP) is 1.12. The van der Waals surface area contributed by atoms with Gasteiger partial charge in [0.25, 0.3) is 0 Å². The summed E-state index contributed by atoms with van der Waals surface area (Å²) in [4.78, 5) is 4.73. The molecule has 0 aliphatic heterocycles. The van der Waals surface area contributed by atoms with Gasteiger partial charge in [-0.15, -0.1) is 0 Å². The maximum absolute atomic E-state index is 10.1. The van der Waals surface area contributed by atoms with Crippen LogP contribution >= 0.6 is 8.46 Å². The zero-order valence-corrected chi connectivity index (χ0v) is 6.18. The quantitative estimate of drug-likeness (QED) is 0.429. The van der Waals surface area contributed by atoms with Crippen molar-refractivity contribution in [2.75, 3.05) is 14.2 Å². The highest BCUT2D eigenvalue weighted by Gasteiger charge is 2.05. The molecular formula is C4H10NO2P. The summed E-state index contributed by atoms with van der Waals surface area (Å²) in [5, 5.41) is 1.52. The Kier molecular flexibility index (Phi) is 3.97. The molecule has 0 heterocycles. The molecule has 0 aromatic heterocycles. The van der Waals surface area contributed by atoms with E-state index in [1.807, 2.05) is 0 Å². The maximum atomic E-state index is 10.1. The molecule has 1 atom stereocenters. The van der Waals surface area contributed by atoms with Gasteiger partial charge in [-0.25, -0.2) is 0 Å². The standard InChI is InChI=1S/C4H10NO2P/c1-4(8-6)5(2)7-3/h4H,1-3H3. The van der Waals surface area contributed by atoms with Crippen molar-refractivity contribution in [1.29, 1.82) is 0 Å². The first-order valence-electron chi connectivity index (χ1n) is 2.31. The third-order valence-electron chi connectivity index (χ3n) is 0.967. The summed E-state index contributed by atoms with van der Waals surface area (Å²) in [6.45, 7) is 1.80. The third-order valence-corrected chi connectivity index (χ3v) is 1.60. The summed E-state index contributed by atoms with van der Waals surface area (Å²) < 4.78 is 10.1. The average Bonchev–Trinajstić information content (AvgIpc) is 1.84. The molecule has 0 bridgehead atoms. The Bertz CT molecular complexity index is 78.4. The fraction of sp³-hybridized carbons (Fsp3) is 1.00. The first kappa shape index (κ1) is 8.02. The van der Waals surface area contributed by atoms with E-state index in [1.54, 1.807) is 21.1 Å². The van der Waals surface area contributed by atoms with E-state index in [4.69, 9.17) is 4.84 Å². The monoisotopic (exact) mass is 135 g/mol. The molecule has 0 amide bonds. The van der Waals surface area contributed by atoms with Crippen LogP contribution in [-0.4, -0.2) is 25.0 Å². The smallest absolute Gasteiger partial charge is 0.176 e. The van der Waals surface area contributed by atoms with Crippen LogP contribution in [0.2, 0.25) is 0 Å². The SMILES string of the molecule is CON(C)C(C)P=O. The molecule has 0 spiro atoms. The molecule has 0 radical (unpaired) electrons. The molecule has 8 heavy (non-hydrogen) atoms. The molecule has 0 rings (SSSR count). The van der Waals surface area contributed by atoms with E-state index in [9.17, 15) is 4.57 Å². The normalized spacial score (nSPS) is 15.0. The lowest BCUT2D eigenvalue weighted by Gasteiger charge is -2.14. The van der Waals surface area contributed by atoms with E-state index >= 15 is 0 Å². The fourth-order valence-corrected chi connectivity index (χ4v) is 0.446. The molecule has 3 nitrogen and oxygen atoms in total. The van der Waals surface area contributed by atoms with Crippen LogP contribution in [0.4, 0.5) is 0 Å². The van der Waals surface area contributed by atoms with Crippen molar-refractivity contribution in [3.05, 3.63) is 0 Å². The minimum Gasteiger partial charge on any atom is -0.302 e. The maximum Gasteiger partial charge on any atom is 0.176 e. The molecule has 0 saturated carbocycles. The molecule has 0 saturated heterocycles. The fourth-order valence-electron chi connectivity index (χ4n) is 0.219. The predicted molar refractivity (Wildman–Crippen MR) is 31.8 cm³/mol. The minimum atomic E-state index is -0.0556. The van der Waals surface area contributed by atoms with Gasteiger partial charge in [-0.3, -0.25) is 4.57 Å². The van der Waals surface area contributed by atoms with Gasteiger partial charge in [-0.05, 0) is 6.92 Å². The lowest BCUT2D eigenvalue weighted by molar-refractivity contribution is -0.115. The molecule has 1 unspecified atom stereocenters. The van der Waals surface area contributed by atoms with E-state index in [0.717, 1.165) is 0 Å². The van der Waals surface area contributed by atoms with Gasteiger partial charge in [-0.1, -0.05) is 0 Å². The summed E-state index contributed by atoms with van der Waals surface area (Å²) in [5.74, 6) is -0.0556. The van der Waals surface area contributed by atoms with Gasteiger partial charge in [0, 0.05) is 7.05 Å². The van der Waals surface area contributed by atoms with Gasteiger partial charge in [0.15, 0.2) is 8.46 Å². The van der Waals surface area contributed by atoms with Crippen molar-refractivity contribution in [2.45, 2.75) is 12.7 Å². The average molecular weight is 135 g/mol. The Morgan fingerprint density at radius 1 is 1.75 bits per heavy atom. The zero-order chi connectivity index (χ0) is 6.57. The van der Waals surface area contributed by atoms with Gasteiger partial charge < -0.3 is 4.84 Å². The Labute approximate surface area is 50.8 Å². The topological polar surface area (TPSA) is 29.5 Å². The Morgan fingerprint density at radius 2 is 2.25 bits per heavy atom. The van der Waals surface area contributed by atoms with Crippen molar-refractivity contribution in [2.24, 2.45) is 0 Å². The van der Waals surface area contributed by atoms with Gasteiger partial charge in [0.2, 0.25) is 0 Å². The van der Waals surface area contributed by atoms with Crippen LogP contribution in [0.15, 0.2) is 0 Å². The molecule has 4 heteroatoms. The van der Waals surface area contributed by atoms with Crippen LogP contribution in [0.1, 0.15) is 6.92 Å². The molecule has 48 valence electrons. The number of rotatable bonds is 3. The van der Waals surface area contributed by atoms with Crippen molar-refractivity contribution < 1.29 is 9.40 Å². The molecule has 0 aliphatic carbocycles. The first-order chi connectivity index (χ1) is 3.72. The number of hydrogen-bond acceptors (Lipinski definition) is 3. The summed E-state index contributed by atoms with van der Waals surface area (Å²) in [6, 6.07) is 0. The van der Waals surface area contributed by atoms with E-state index in [-0.39, 0.29) is 14.2 Å². The lowest BCUT2D eigenvalue weighted by Crippen LogP contribution is -2.22. The second kappa shape index (κ2) is 3.96. The zero-order valence-electron chi connectivity index (χ0n) is 5.29. The van der Waals surface area contributed by atoms with Crippen LogP contribution in [0, 0.1) is 0 Å². The highest BCUT2D eigenvalue weighted by molar-refractivity contribution is 7.24. The number of nitrogens with zero attached hydrogens (tertiary/aromatic N) is 1. The highest BCUT2D eigenvalue weighted by atomic mass is 31.1. The summed E-state index contributed by atoms with van der Waals surface area (Å²) in [7, 11) is 3.36. The largest absolute Gasteiger partial charge is 0.302 e. The van der Waals surface area contributed by atoms with Crippen molar-refractivity contribution in [3.63, 3.8) is 0 Å². The highest BCUT2D eigenvalue weighted by Crippen LogP contribution is 2.07. The first-order valence-corrected chi connectivity index (χ1v) is 3.20. The number of hydroxylamine groups is 2. The van der Waals surface area contributed by atoms with E-state index in [2.05, 4.69) is 0 Å². The Morgan fingerprint density at radius 3 is 2.38 bits per heavy atom. The summed E-state index contributed by atoms with van der Waals surface area (Å²) >= 11 is 0. The van der Waals surface area contributed by atoms with Crippen molar-refractivity contribution in [1.82, 2.24) is 5.06 Å². The molecule has 0 N–H and O–H groups in total. The van der Waals surface area contributed by atoms with Gasteiger partial charge in [0.05, 0.1) is 7.11 Å². The third kappa shape index (κ3) is 2.36. The van der Waals surface area contributed by atoms with Gasteiger partial charge >= 0.3 is 0 Å². The van der Waals surface area contributed by atoms with Crippen LogP contribution in [0.25, 0.3) is 0 Å². The van der Waals surface area contributed by atoms with E-state index in [1.165, 1.54) is 5.06 Å². The second-order valence-electron chi connectivity index (χ2n) is 1.47. The van der Waals surface area contributed by atoms with Crippen LogP contribution in [0.5, 0.6) is 0 Å². The van der Waals surface area contributed by atoms with Crippen LogP contribution in [0.3, 0.4) is 0 Å². The van der Waals surface area contributed by atoms with Crippen LogP contribution in [-0.2, 0) is 9.40 Å². The van der Waals surface area contributed by atoms with E-state index in [0.29, 0.717) is 0 Å². The van der Waals surface area contributed by atoms with Gasteiger partial charge in [-0.2, -0.15) is 5.06 Å². The van der Waals surface area contributed by atoms with Crippen molar-refractivity contribution >= 4 is 8.46 Å². The molecule has 0 aliphatic rings. The molecular weight excluding hydrogens is 125 g/mol. The molecule has 0 aromatic carbocycles. The Balaban J connectivity index is 3.44. The van der Waals surface area contributed by atoms with E-state index < -0.39 is 0 Å². The molecule has 0 fully saturated rings. The summed E-state index contributed by atoms with van der Waals surface area (Å²) in [6.07, 6.45) is 0. The van der Waals surface area contributed by atoms with Crippen LogP contribution < -0.4 is 0 Å². The lowest BCUT2D eigenvalue weighted by atomic mass is 10.7. The Hall–Kier alpha value is 0.0200. The number of hydrogen-bond donors (Lipinski definition) is 0. The second-order valence-corrected chi connectivity index (χ2v) is 2.42. The molecule has 0 aromatic rings. The van der Waals surface area contributed by atoms with Gasteiger partial charge in [0.1, 0.15) is 5.78 Å².